The topological polar surface area (TPSA) is 180 Å². The molecule has 0 saturated carbocycles. The van der Waals surface area contributed by atoms with E-state index in [2.05, 4.69) is 36.0 Å². The zero-order valence-electron chi connectivity index (χ0n) is 35.2. The molecule has 6 rings (SSSR count). The molecule has 0 bridgehead atoms. The molecule has 1 unspecified atom stereocenters. The Bertz CT molecular complexity index is 2160. The summed E-state index contributed by atoms with van der Waals surface area (Å²) in [6, 6.07) is 33.6. The van der Waals surface area contributed by atoms with Gasteiger partial charge in [0.2, 0.25) is 0 Å². The minimum atomic E-state index is -3.43. The Balaban J connectivity index is 0.000000925. The number of aliphatic hydroxyl groups is 1. The van der Waals surface area contributed by atoms with E-state index < -0.39 is 56.3 Å². The van der Waals surface area contributed by atoms with Crippen molar-refractivity contribution < 1.29 is 47.6 Å². The van der Waals surface area contributed by atoms with Gasteiger partial charge in [-0.3, -0.25) is 9.36 Å². The van der Waals surface area contributed by atoms with Crippen LogP contribution in [0.1, 0.15) is 61.0 Å². The lowest BCUT2D eigenvalue weighted by molar-refractivity contribution is -0.233. The number of hydrogen-bond donors (Lipinski definition) is 3. The van der Waals surface area contributed by atoms with E-state index in [9.17, 15) is 24.2 Å². The zero-order valence-corrected chi connectivity index (χ0v) is 36.1. The molecule has 2 heterocycles. The van der Waals surface area contributed by atoms with Crippen LogP contribution in [-0.2, 0) is 28.9 Å². The normalized spacial score (nSPS) is 18.8. The predicted molar refractivity (Wildman–Crippen MR) is 230 cm³/mol. The quantitative estimate of drug-likeness (QED) is 0.0493. The van der Waals surface area contributed by atoms with Crippen molar-refractivity contribution in [1.82, 2.24) is 14.5 Å². The van der Waals surface area contributed by atoms with Crippen LogP contribution in [0.3, 0.4) is 0 Å². The van der Waals surface area contributed by atoms with Crippen LogP contribution in [0.25, 0.3) is 0 Å². The molecule has 15 nitrogen and oxygen atoms in total. The van der Waals surface area contributed by atoms with E-state index in [0.717, 1.165) is 4.57 Å². The lowest BCUT2D eigenvalue weighted by Gasteiger charge is -2.37. The van der Waals surface area contributed by atoms with Crippen LogP contribution >= 0.6 is 8.25 Å². The van der Waals surface area contributed by atoms with Crippen molar-refractivity contribution in [1.29, 1.82) is 0 Å². The molecule has 324 valence electrons. The van der Waals surface area contributed by atoms with Gasteiger partial charge in [0.1, 0.15) is 29.0 Å². The van der Waals surface area contributed by atoms with Crippen molar-refractivity contribution in [3.8, 4) is 11.5 Å². The number of nitrogens with zero attached hydrogens (tertiary/aromatic N) is 3. The maximum Gasteiger partial charge on any atom is 0.697 e. The van der Waals surface area contributed by atoms with E-state index in [1.54, 1.807) is 75.7 Å². The summed E-state index contributed by atoms with van der Waals surface area (Å²) >= 11 is 0. The van der Waals surface area contributed by atoms with E-state index in [-0.39, 0.29) is 12.4 Å². The summed E-state index contributed by atoms with van der Waals surface area (Å²) in [6.07, 6.45) is -3.17. The molecule has 5 aromatic rings. The maximum absolute atomic E-state index is 13.5. The monoisotopic (exact) mass is 857 g/mol. The molecule has 61 heavy (non-hydrogen) atoms. The van der Waals surface area contributed by atoms with Gasteiger partial charge in [-0.1, -0.05) is 98.1 Å². The second kappa shape index (κ2) is 22.0. The van der Waals surface area contributed by atoms with Crippen molar-refractivity contribution in [2.24, 2.45) is 0 Å². The number of carbonyl (C=O) groups is 1. The number of aromatic nitrogens is 2. The molecule has 1 saturated heterocycles. The van der Waals surface area contributed by atoms with Gasteiger partial charge in [0.05, 0.1) is 20.8 Å². The summed E-state index contributed by atoms with van der Waals surface area (Å²) < 4.78 is 48.6. The number of carbonyl (C=O) groups excluding carboxylic acids is 1. The molecule has 1 aliphatic heterocycles. The van der Waals surface area contributed by atoms with Gasteiger partial charge in [0.15, 0.2) is 12.3 Å². The van der Waals surface area contributed by atoms with E-state index >= 15 is 0 Å². The molecule has 16 heteroatoms. The van der Waals surface area contributed by atoms with Crippen molar-refractivity contribution in [2.45, 2.75) is 57.5 Å². The molecule has 0 radical (unpaired) electrons. The van der Waals surface area contributed by atoms with Gasteiger partial charge in [-0.05, 0) is 85.7 Å². The number of nitrogens with one attached hydrogen (secondary N) is 1. The number of benzene rings is 4. The van der Waals surface area contributed by atoms with Gasteiger partial charge in [-0.25, -0.2) is 4.79 Å². The van der Waals surface area contributed by atoms with Crippen molar-refractivity contribution in [3.63, 3.8) is 0 Å². The molecule has 3 N–H and O–H groups in total. The highest BCUT2D eigenvalue weighted by Crippen LogP contribution is 2.47. The number of anilines is 1. The second-order valence-corrected chi connectivity index (χ2v) is 14.4. The molecule has 1 amide bonds. The Morgan fingerprint density at radius 3 is 1.82 bits per heavy atom. The lowest BCUT2D eigenvalue weighted by Crippen LogP contribution is -2.52. The minimum absolute atomic E-state index is 0.00890. The van der Waals surface area contributed by atoms with Gasteiger partial charge >= 0.3 is 13.9 Å². The third-order valence-electron chi connectivity index (χ3n) is 10.4. The first-order valence-corrected chi connectivity index (χ1v) is 21.1. The number of hydrogen-bond acceptors (Lipinski definition) is 12. The SMILES string of the molecule is CCN(CC)CC.CCO[C@H]1[C@H](n2ccc(NC(=O)c3ccccc3)nc2=O)O[C@H](COC(c2ccccc2)(c2ccc(OC)cc2)c2ccc(OC)cc2)[C@@]1(O)O[P+](=O)O. The molecular formula is C45H54N4O11P+. The maximum atomic E-state index is 13.5. The Labute approximate surface area is 356 Å². The largest absolute Gasteiger partial charge is 0.697 e. The highest BCUT2D eigenvalue weighted by Gasteiger charge is 2.64. The average Bonchev–Trinajstić information content (AvgIpc) is 3.54. The van der Waals surface area contributed by atoms with Crippen LogP contribution < -0.4 is 20.5 Å². The number of amides is 1. The molecule has 1 fully saturated rings. The summed E-state index contributed by atoms with van der Waals surface area (Å²) in [5.74, 6) is -1.92. The average molecular weight is 858 g/mol. The van der Waals surface area contributed by atoms with Crippen molar-refractivity contribution >= 4 is 20.0 Å². The molecule has 1 aliphatic rings. The Hall–Kier alpha value is -5.35. The summed E-state index contributed by atoms with van der Waals surface area (Å²) in [5.41, 5.74) is 0.147. The zero-order chi connectivity index (χ0) is 44.0. The van der Waals surface area contributed by atoms with Gasteiger partial charge < -0.3 is 39.0 Å². The predicted octanol–water partition coefficient (Wildman–Crippen LogP) is 6.53. The van der Waals surface area contributed by atoms with Crippen LogP contribution in [0, 0.1) is 0 Å². The molecule has 4 aromatic carbocycles. The number of rotatable bonds is 18. The van der Waals surface area contributed by atoms with E-state index in [1.807, 2.05) is 54.6 Å². The minimum Gasteiger partial charge on any atom is -0.497 e. The van der Waals surface area contributed by atoms with Crippen molar-refractivity contribution in [3.05, 3.63) is 154 Å². The first-order chi connectivity index (χ1) is 29.5. The van der Waals surface area contributed by atoms with Crippen LogP contribution in [-0.4, -0.2) is 95.4 Å². The van der Waals surface area contributed by atoms with Gasteiger partial charge in [-0.15, -0.1) is 4.89 Å². The van der Waals surface area contributed by atoms with Crippen molar-refractivity contribution in [2.75, 3.05) is 52.4 Å². The third-order valence-corrected chi connectivity index (χ3v) is 10.8. The Morgan fingerprint density at radius 1 is 0.836 bits per heavy atom. The van der Waals surface area contributed by atoms with Crippen LogP contribution in [0.15, 0.2) is 126 Å². The summed E-state index contributed by atoms with van der Waals surface area (Å²) in [6.45, 7) is 11.3. The summed E-state index contributed by atoms with van der Waals surface area (Å²) in [4.78, 5) is 42.6. The third kappa shape index (κ3) is 10.9. The highest BCUT2D eigenvalue weighted by atomic mass is 31.1. The summed E-state index contributed by atoms with van der Waals surface area (Å²) in [7, 11) is -0.313. The Morgan fingerprint density at radius 2 is 1.36 bits per heavy atom. The van der Waals surface area contributed by atoms with E-state index in [4.69, 9.17) is 28.2 Å². The molecular weight excluding hydrogens is 803 g/mol. The lowest BCUT2D eigenvalue weighted by atomic mass is 9.80. The van der Waals surface area contributed by atoms with E-state index in [1.165, 1.54) is 31.9 Å². The number of methoxy groups -OCH3 is 2. The van der Waals surface area contributed by atoms with Crippen LogP contribution in [0.2, 0.25) is 0 Å². The molecule has 0 aliphatic carbocycles. The smallest absolute Gasteiger partial charge is 0.497 e. The fourth-order valence-corrected chi connectivity index (χ4v) is 7.58. The molecule has 5 atom stereocenters. The van der Waals surface area contributed by atoms with Gasteiger partial charge in [0.25, 0.3) is 11.7 Å². The second-order valence-electron chi connectivity index (χ2n) is 13.7. The Kier molecular flexibility index (Phi) is 16.8. The standard InChI is InChI=1S/C39H38N3O11P.C6H15N/c1-4-50-34-36(42-24-23-33(41-37(42)44)40-35(43)26-11-7-5-8-12-26)52-32(39(34,45)53-54(46)47)25-51-38(27-13-9-6-10-14-27,28-15-19-30(48-2)20-16-28)29-17-21-31(49-3)22-18-29;1-4-7(5-2)6-3/h5-24,32,34,36,45H,4,25H2,1-3H3,(H-,40,41,43,44,46,47);4-6H2,1-3H3/p+1/t32-,34+,36-,39-;/m1./s1. The number of ether oxygens (including phenoxy) is 5. The summed E-state index contributed by atoms with van der Waals surface area (Å²) in [5, 5.41) is 14.7. The first kappa shape index (κ1) is 46.7. The fourth-order valence-electron chi connectivity index (χ4n) is 7.11. The molecule has 1 aromatic heterocycles. The molecule has 0 spiro atoms. The van der Waals surface area contributed by atoms with Gasteiger partial charge in [0, 0.05) is 22.9 Å². The van der Waals surface area contributed by atoms with Crippen LogP contribution in [0.4, 0.5) is 5.82 Å². The van der Waals surface area contributed by atoms with Gasteiger partial charge in [-0.2, -0.15) is 4.98 Å². The fraction of sp³-hybridized carbons (Fsp3) is 0.356. The first-order valence-electron chi connectivity index (χ1n) is 20.0. The van der Waals surface area contributed by atoms with Crippen LogP contribution in [0.5, 0.6) is 11.5 Å². The highest BCUT2D eigenvalue weighted by molar-refractivity contribution is 7.32. The van der Waals surface area contributed by atoms with E-state index in [0.29, 0.717) is 33.8 Å².